The molecule has 0 aliphatic rings. The van der Waals surface area contributed by atoms with Gasteiger partial charge in [0.05, 0.1) is 7.11 Å². The van der Waals surface area contributed by atoms with Crippen LogP contribution in [0.25, 0.3) is 0 Å². The number of ether oxygens (including phenoxy) is 1. The number of methoxy groups -OCH3 is 1. The highest BCUT2D eigenvalue weighted by atomic mass is 16.5. The Balaban J connectivity index is 2.05. The second kappa shape index (κ2) is 5.31. The third-order valence-electron chi connectivity index (χ3n) is 2.39. The van der Waals surface area contributed by atoms with Crippen molar-refractivity contribution in [1.29, 1.82) is 0 Å². The summed E-state index contributed by atoms with van der Waals surface area (Å²) in [5.41, 5.74) is 7.91. The minimum Gasteiger partial charge on any atom is -0.467 e. The lowest BCUT2D eigenvalue weighted by Crippen LogP contribution is -2.08. The van der Waals surface area contributed by atoms with Crippen molar-refractivity contribution in [3.8, 4) is 6.01 Å². The minimum absolute atomic E-state index is 0.133. The van der Waals surface area contributed by atoms with E-state index in [1.54, 1.807) is 0 Å². The number of hydrogen-bond donors (Lipinski definition) is 2. The van der Waals surface area contributed by atoms with Crippen molar-refractivity contribution in [2.45, 2.75) is 13.5 Å². The first kappa shape index (κ1) is 12.1. The van der Waals surface area contributed by atoms with Gasteiger partial charge in [-0.25, -0.2) is 0 Å². The van der Waals surface area contributed by atoms with Crippen LogP contribution < -0.4 is 15.8 Å². The number of benzene rings is 1. The molecular weight excluding hydrogens is 230 g/mol. The van der Waals surface area contributed by atoms with Crippen molar-refractivity contribution in [3.05, 3.63) is 35.4 Å². The lowest BCUT2D eigenvalue weighted by atomic mass is 10.1. The fourth-order valence-corrected chi connectivity index (χ4v) is 1.43. The van der Waals surface area contributed by atoms with Gasteiger partial charge < -0.3 is 15.8 Å². The molecule has 0 saturated heterocycles. The number of nitrogens with one attached hydrogen (secondary N) is 1. The quantitative estimate of drug-likeness (QED) is 0.846. The number of aryl methyl sites for hydroxylation is 1. The number of aromatic nitrogens is 3. The summed E-state index contributed by atoms with van der Waals surface area (Å²) in [4.78, 5) is 11.8. The maximum absolute atomic E-state index is 5.54. The fourth-order valence-electron chi connectivity index (χ4n) is 1.43. The fraction of sp³-hybridized carbons (Fsp3) is 0.250. The van der Waals surface area contributed by atoms with Crippen molar-refractivity contribution in [3.63, 3.8) is 0 Å². The number of nitrogens with two attached hydrogens (primary N) is 1. The first-order chi connectivity index (χ1) is 8.67. The normalized spacial score (nSPS) is 10.1. The first-order valence-corrected chi connectivity index (χ1v) is 5.52. The van der Waals surface area contributed by atoms with Crippen LogP contribution in [0.5, 0.6) is 6.01 Å². The van der Waals surface area contributed by atoms with Crippen molar-refractivity contribution in [2.75, 3.05) is 18.2 Å². The van der Waals surface area contributed by atoms with E-state index in [2.05, 4.69) is 39.3 Å². The molecule has 6 nitrogen and oxygen atoms in total. The lowest BCUT2D eigenvalue weighted by molar-refractivity contribution is 0.379. The predicted molar refractivity (Wildman–Crippen MR) is 69.3 cm³/mol. The van der Waals surface area contributed by atoms with Gasteiger partial charge in [0.25, 0.3) is 0 Å². The standard InChI is InChI=1S/C12H15N5O/c1-8-3-5-9(6-4-8)7-14-11-15-10(13)16-12(17-11)18-2/h3-6H,7H2,1-2H3,(H3,13,14,15,16,17). The van der Waals surface area contributed by atoms with Gasteiger partial charge in [-0.2, -0.15) is 15.0 Å². The van der Waals surface area contributed by atoms with E-state index in [4.69, 9.17) is 10.5 Å². The molecule has 3 N–H and O–H groups in total. The molecule has 0 aliphatic heterocycles. The second-order valence-electron chi connectivity index (χ2n) is 3.84. The molecule has 0 spiro atoms. The van der Waals surface area contributed by atoms with E-state index in [-0.39, 0.29) is 12.0 Å². The van der Waals surface area contributed by atoms with Crippen molar-refractivity contribution in [2.24, 2.45) is 0 Å². The summed E-state index contributed by atoms with van der Waals surface area (Å²) in [6.45, 7) is 2.67. The minimum atomic E-state index is 0.133. The van der Waals surface area contributed by atoms with Gasteiger partial charge in [-0.15, -0.1) is 0 Å². The molecule has 0 bridgehead atoms. The van der Waals surface area contributed by atoms with Gasteiger partial charge in [0.2, 0.25) is 11.9 Å². The molecule has 1 aromatic heterocycles. The number of hydrogen-bond acceptors (Lipinski definition) is 6. The molecule has 1 aromatic carbocycles. The zero-order chi connectivity index (χ0) is 13.0. The Kier molecular flexibility index (Phi) is 3.57. The summed E-state index contributed by atoms with van der Waals surface area (Å²) in [7, 11) is 1.48. The number of anilines is 2. The van der Waals surface area contributed by atoms with Crippen LogP contribution in [0.4, 0.5) is 11.9 Å². The molecule has 0 saturated carbocycles. The van der Waals surface area contributed by atoms with Crippen LogP contribution in [-0.2, 0) is 6.54 Å². The molecule has 0 amide bonds. The smallest absolute Gasteiger partial charge is 0.322 e. The van der Waals surface area contributed by atoms with E-state index in [1.165, 1.54) is 12.7 Å². The maximum atomic E-state index is 5.54. The monoisotopic (exact) mass is 245 g/mol. The van der Waals surface area contributed by atoms with Crippen LogP contribution in [0.2, 0.25) is 0 Å². The van der Waals surface area contributed by atoms with Crippen molar-refractivity contribution < 1.29 is 4.74 Å². The van der Waals surface area contributed by atoms with E-state index in [1.807, 2.05) is 12.1 Å². The Bertz CT molecular complexity index is 526. The molecule has 0 unspecified atom stereocenters. The van der Waals surface area contributed by atoms with Crippen molar-refractivity contribution in [1.82, 2.24) is 15.0 Å². The molecule has 0 radical (unpaired) electrons. The third-order valence-corrected chi connectivity index (χ3v) is 2.39. The molecule has 1 heterocycles. The van der Waals surface area contributed by atoms with E-state index in [0.717, 1.165) is 5.56 Å². The van der Waals surface area contributed by atoms with Crippen LogP contribution in [0.1, 0.15) is 11.1 Å². The Morgan fingerprint density at radius 1 is 1.17 bits per heavy atom. The van der Waals surface area contributed by atoms with Crippen LogP contribution in [0.3, 0.4) is 0 Å². The summed E-state index contributed by atoms with van der Waals surface area (Å²) in [6.07, 6.45) is 0. The van der Waals surface area contributed by atoms with Crippen LogP contribution >= 0.6 is 0 Å². The molecule has 18 heavy (non-hydrogen) atoms. The van der Waals surface area contributed by atoms with Gasteiger partial charge in [0.1, 0.15) is 0 Å². The Morgan fingerprint density at radius 3 is 2.56 bits per heavy atom. The summed E-state index contributed by atoms with van der Waals surface area (Å²) in [5, 5.41) is 3.07. The highest BCUT2D eigenvalue weighted by Crippen LogP contribution is 2.10. The largest absolute Gasteiger partial charge is 0.467 e. The van der Waals surface area contributed by atoms with Gasteiger partial charge in [0.15, 0.2) is 0 Å². The number of nitrogen functional groups attached to an aromatic ring is 1. The summed E-state index contributed by atoms with van der Waals surface area (Å²) in [5.74, 6) is 0.535. The molecule has 6 heteroatoms. The summed E-state index contributed by atoms with van der Waals surface area (Å²) in [6, 6.07) is 8.40. The average molecular weight is 245 g/mol. The highest BCUT2D eigenvalue weighted by molar-refractivity contribution is 5.34. The van der Waals surface area contributed by atoms with Gasteiger partial charge >= 0.3 is 6.01 Å². The molecule has 0 fully saturated rings. The Morgan fingerprint density at radius 2 is 1.89 bits per heavy atom. The molecule has 0 aliphatic carbocycles. The van der Waals surface area contributed by atoms with Crippen LogP contribution in [0.15, 0.2) is 24.3 Å². The molecular formula is C12H15N5O. The highest BCUT2D eigenvalue weighted by Gasteiger charge is 2.03. The predicted octanol–water partition coefficient (Wildman–Crippen LogP) is 1.38. The van der Waals surface area contributed by atoms with E-state index >= 15 is 0 Å². The third kappa shape index (κ3) is 3.07. The van der Waals surface area contributed by atoms with Gasteiger partial charge in [-0.3, -0.25) is 0 Å². The van der Waals surface area contributed by atoms with E-state index < -0.39 is 0 Å². The molecule has 2 rings (SSSR count). The van der Waals surface area contributed by atoms with E-state index in [9.17, 15) is 0 Å². The van der Waals surface area contributed by atoms with Crippen LogP contribution in [0, 0.1) is 6.92 Å². The summed E-state index contributed by atoms with van der Waals surface area (Å²) < 4.78 is 4.92. The van der Waals surface area contributed by atoms with Gasteiger partial charge in [-0.05, 0) is 12.5 Å². The molecule has 0 atom stereocenters. The number of nitrogens with zero attached hydrogens (tertiary/aromatic N) is 3. The Labute approximate surface area is 105 Å². The van der Waals surface area contributed by atoms with Crippen molar-refractivity contribution >= 4 is 11.9 Å². The molecule has 94 valence electrons. The molecule has 2 aromatic rings. The average Bonchev–Trinajstić information content (AvgIpc) is 2.37. The SMILES string of the molecule is COc1nc(N)nc(NCc2ccc(C)cc2)n1. The lowest BCUT2D eigenvalue weighted by Gasteiger charge is -2.06. The van der Waals surface area contributed by atoms with Crippen LogP contribution in [-0.4, -0.2) is 22.1 Å². The number of rotatable bonds is 4. The zero-order valence-electron chi connectivity index (χ0n) is 10.3. The zero-order valence-corrected chi connectivity index (χ0v) is 10.3. The van der Waals surface area contributed by atoms with Gasteiger partial charge in [-0.1, -0.05) is 29.8 Å². The topological polar surface area (TPSA) is 86.0 Å². The Hall–Kier alpha value is -2.37. The second-order valence-corrected chi connectivity index (χ2v) is 3.84. The maximum Gasteiger partial charge on any atom is 0.322 e. The van der Waals surface area contributed by atoms with Gasteiger partial charge in [0, 0.05) is 6.54 Å². The first-order valence-electron chi connectivity index (χ1n) is 5.52. The van der Waals surface area contributed by atoms with E-state index in [0.29, 0.717) is 12.5 Å². The summed E-state index contributed by atoms with van der Waals surface area (Å²) >= 11 is 0.